The molecule has 0 aliphatic heterocycles. The van der Waals surface area contributed by atoms with Crippen molar-refractivity contribution in [1.82, 2.24) is 5.32 Å². The van der Waals surface area contributed by atoms with Gasteiger partial charge in [-0.1, -0.05) is 13.3 Å². The molecule has 1 amide bonds. The number of ether oxygens (including phenoxy) is 3. The summed E-state index contributed by atoms with van der Waals surface area (Å²) in [6.07, 6.45) is 2.11. The molecule has 0 saturated carbocycles. The Balaban J connectivity index is 2.02. The second-order valence-electron chi connectivity index (χ2n) is 7.18. The number of hydrogen-bond donors (Lipinski definition) is 2. The summed E-state index contributed by atoms with van der Waals surface area (Å²) in [6.45, 7) is 3.33. The summed E-state index contributed by atoms with van der Waals surface area (Å²) in [5, 5.41) is 3.04. The van der Waals surface area contributed by atoms with Gasteiger partial charge in [-0.05, 0) is 48.9 Å². The monoisotopic (exact) mass is 401 g/mol. The van der Waals surface area contributed by atoms with Crippen LogP contribution in [-0.4, -0.2) is 47.4 Å². The van der Waals surface area contributed by atoms with Crippen LogP contribution in [0.25, 0.3) is 0 Å². The molecule has 6 heteroatoms. The summed E-state index contributed by atoms with van der Waals surface area (Å²) >= 11 is 0. The van der Waals surface area contributed by atoms with Gasteiger partial charge in [-0.25, -0.2) is 0 Å². The highest BCUT2D eigenvalue weighted by atomic mass is 16.5. The van der Waals surface area contributed by atoms with Gasteiger partial charge in [0, 0.05) is 11.1 Å². The minimum atomic E-state index is -0.100. The van der Waals surface area contributed by atoms with Crippen LogP contribution in [0, 0.1) is 0 Å². The van der Waals surface area contributed by atoms with E-state index in [9.17, 15) is 4.79 Å². The molecule has 0 saturated heterocycles. The van der Waals surface area contributed by atoms with Gasteiger partial charge >= 0.3 is 0 Å². The molecule has 0 aromatic heterocycles. The Hall–Kier alpha value is -2.73. The molecule has 0 fully saturated rings. The van der Waals surface area contributed by atoms with Gasteiger partial charge < -0.3 is 24.4 Å². The maximum absolute atomic E-state index is 12.6. The molecule has 2 aromatic carbocycles. The van der Waals surface area contributed by atoms with Crippen LogP contribution < -0.4 is 24.4 Å². The van der Waals surface area contributed by atoms with Gasteiger partial charge in [0.2, 0.25) is 0 Å². The lowest BCUT2D eigenvalue weighted by molar-refractivity contribution is -0.890. The van der Waals surface area contributed by atoms with E-state index in [1.165, 1.54) is 4.90 Å². The predicted octanol–water partition coefficient (Wildman–Crippen LogP) is 2.50. The average molecular weight is 402 g/mol. The fourth-order valence-electron chi connectivity index (χ4n) is 3.06. The number of benzene rings is 2. The van der Waals surface area contributed by atoms with Gasteiger partial charge in [0.15, 0.2) is 11.5 Å². The zero-order valence-electron chi connectivity index (χ0n) is 18.1. The van der Waals surface area contributed by atoms with E-state index in [0.29, 0.717) is 30.2 Å². The normalized spacial score (nSPS) is 11.8. The maximum atomic E-state index is 12.6. The third-order valence-electron chi connectivity index (χ3n) is 4.86. The number of likely N-dealkylation sites (N-methyl/N-ethyl adjacent to an activating group) is 1. The molecule has 0 unspecified atom stereocenters. The molecule has 2 N–H and O–H groups in total. The zero-order chi connectivity index (χ0) is 21.2. The van der Waals surface area contributed by atoms with E-state index in [-0.39, 0.29) is 11.9 Å². The Morgan fingerprint density at radius 2 is 1.72 bits per heavy atom. The number of amides is 1. The summed E-state index contributed by atoms with van der Waals surface area (Å²) in [7, 11) is 7.37. The lowest BCUT2D eigenvalue weighted by Crippen LogP contribution is -3.07. The van der Waals surface area contributed by atoms with Crippen LogP contribution in [0.15, 0.2) is 42.5 Å². The van der Waals surface area contributed by atoms with Crippen molar-refractivity contribution in [3.8, 4) is 17.2 Å². The lowest BCUT2D eigenvalue weighted by Gasteiger charge is -2.23. The van der Waals surface area contributed by atoms with Crippen molar-refractivity contribution >= 4 is 5.91 Å². The molecule has 6 nitrogen and oxygen atoms in total. The Bertz CT molecular complexity index is 775. The first-order valence-electron chi connectivity index (χ1n) is 10.0. The Kier molecular flexibility index (Phi) is 8.80. The zero-order valence-corrected chi connectivity index (χ0v) is 18.1. The van der Waals surface area contributed by atoms with Gasteiger partial charge in [0.05, 0.1) is 41.5 Å². The second kappa shape index (κ2) is 11.3. The summed E-state index contributed by atoms with van der Waals surface area (Å²) in [5.74, 6) is 2.06. The SMILES string of the molecule is CCCCOc1ccc(C(=O)NC[C@@H](c2ccc(OC)c(OC)c2)[NH+](C)C)cc1. The number of unbranched alkanes of at least 4 members (excludes halogenated alkanes) is 1. The minimum Gasteiger partial charge on any atom is -0.494 e. The van der Waals surface area contributed by atoms with Crippen LogP contribution in [0.1, 0.15) is 41.7 Å². The van der Waals surface area contributed by atoms with E-state index in [2.05, 4.69) is 26.3 Å². The van der Waals surface area contributed by atoms with E-state index in [0.717, 1.165) is 24.2 Å². The number of carbonyl (C=O) groups excluding carboxylic acids is 1. The predicted molar refractivity (Wildman–Crippen MR) is 114 cm³/mol. The molecule has 0 aliphatic rings. The van der Waals surface area contributed by atoms with Gasteiger partial charge in [-0.3, -0.25) is 4.79 Å². The number of methoxy groups -OCH3 is 2. The van der Waals surface area contributed by atoms with E-state index < -0.39 is 0 Å². The molecule has 0 radical (unpaired) electrons. The molecule has 2 aromatic rings. The molecule has 2 rings (SSSR count). The lowest BCUT2D eigenvalue weighted by atomic mass is 10.0. The van der Waals surface area contributed by atoms with Crippen molar-refractivity contribution in [3.05, 3.63) is 53.6 Å². The summed E-state index contributed by atoms with van der Waals surface area (Å²) < 4.78 is 16.4. The molecular formula is C23H33N2O4+. The highest BCUT2D eigenvalue weighted by Gasteiger charge is 2.21. The summed E-state index contributed by atoms with van der Waals surface area (Å²) in [6, 6.07) is 13.2. The third-order valence-corrected chi connectivity index (χ3v) is 4.86. The fraction of sp³-hybridized carbons (Fsp3) is 0.435. The van der Waals surface area contributed by atoms with Gasteiger partial charge in [0.25, 0.3) is 5.91 Å². The topological polar surface area (TPSA) is 61.2 Å². The first-order chi connectivity index (χ1) is 14.0. The molecule has 158 valence electrons. The van der Waals surface area contributed by atoms with Crippen molar-refractivity contribution in [2.45, 2.75) is 25.8 Å². The number of hydrogen-bond acceptors (Lipinski definition) is 4. The van der Waals surface area contributed by atoms with Crippen molar-refractivity contribution in [2.75, 3.05) is 41.5 Å². The molecular weight excluding hydrogens is 368 g/mol. The van der Waals surface area contributed by atoms with Crippen LogP contribution in [0.3, 0.4) is 0 Å². The third kappa shape index (κ3) is 6.39. The average Bonchev–Trinajstić information content (AvgIpc) is 2.74. The molecule has 0 heterocycles. The standard InChI is InChI=1S/C23H32N2O4/c1-6-7-14-29-19-11-8-17(9-12-19)23(26)24-16-20(25(2)3)18-10-13-21(27-4)22(15-18)28-5/h8-13,15,20H,6-7,14,16H2,1-5H3,(H,24,26)/p+1/t20-/m0/s1. The van der Waals surface area contributed by atoms with Crippen LogP contribution in [0.2, 0.25) is 0 Å². The number of quaternary nitrogens is 1. The van der Waals surface area contributed by atoms with Crippen LogP contribution >= 0.6 is 0 Å². The maximum Gasteiger partial charge on any atom is 0.251 e. The van der Waals surface area contributed by atoms with Crippen molar-refractivity contribution in [2.24, 2.45) is 0 Å². The summed E-state index contributed by atoms with van der Waals surface area (Å²) in [4.78, 5) is 13.8. The largest absolute Gasteiger partial charge is 0.494 e. The van der Waals surface area contributed by atoms with Gasteiger partial charge in [-0.2, -0.15) is 0 Å². The molecule has 1 atom stereocenters. The quantitative estimate of drug-likeness (QED) is 0.568. The molecule has 0 spiro atoms. The van der Waals surface area contributed by atoms with E-state index in [1.807, 2.05) is 30.3 Å². The van der Waals surface area contributed by atoms with Crippen molar-refractivity contribution in [3.63, 3.8) is 0 Å². The highest BCUT2D eigenvalue weighted by molar-refractivity contribution is 5.94. The second-order valence-corrected chi connectivity index (χ2v) is 7.18. The minimum absolute atomic E-state index is 0.0791. The first-order valence-corrected chi connectivity index (χ1v) is 10.0. The van der Waals surface area contributed by atoms with Gasteiger partial charge in [-0.15, -0.1) is 0 Å². The molecule has 0 aliphatic carbocycles. The smallest absolute Gasteiger partial charge is 0.251 e. The van der Waals surface area contributed by atoms with Crippen LogP contribution in [0.5, 0.6) is 17.2 Å². The molecule has 29 heavy (non-hydrogen) atoms. The van der Waals surface area contributed by atoms with Crippen LogP contribution in [-0.2, 0) is 0 Å². The van der Waals surface area contributed by atoms with E-state index in [1.54, 1.807) is 26.4 Å². The fourth-order valence-corrected chi connectivity index (χ4v) is 3.06. The van der Waals surface area contributed by atoms with Crippen molar-refractivity contribution < 1.29 is 23.9 Å². The highest BCUT2D eigenvalue weighted by Crippen LogP contribution is 2.29. The molecule has 0 bridgehead atoms. The number of rotatable bonds is 11. The Labute approximate surface area is 173 Å². The van der Waals surface area contributed by atoms with E-state index in [4.69, 9.17) is 14.2 Å². The van der Waals surface area contributed by atoms with Gasteiger partial charge in [0.1, 0.15) is 11.8 Å². The Morgan fingerprint density at radius 3 is 2.31 bits per heavy atom. The van der Waals surface area contributed by atoms with Crippen LogP contribution in [0.4, 0.5) is 0 Å². The first kappa shape index (κ1) is 22.6. The van der Waals surface area contributed by atoms with E-state index >= 15 is 0 Å². The summed E-state index contributed by atoms with van der Waals surface area (Å²) in [5.41, 5.74) is 1.69. The Morgan fingerprint density at radius 1 is 1.03 bits per heavy atom. The van der Waals surface area contributed by atoms with Crippen molar-refractivity contribution in [1.29, 1.82) is 0 Å². The number of carbonyl (C=O) groups is 1. The number of nitrogens with one attached hydrogen (secondary N) is 2.